The van der Waals surface area contributed by atoms with Gasteiger partial charge in [-0.05, 0) is 12.1 Å². The summed E-state index contributed by atoms with van der Waals surface area (Å²) in [6.07, 6.45) is 0. The van der Waals surface area contributed by atoms with Gasteiger partial charge in [0.15, 0.2) is 4.98 Å². The average molecular weight is 424 g/mol. The second kappa shape index (κ2) is 10.2. The van der Waals surface area contributed by atoms with Crippen LogP contribution in [0.25, 0.3) is 4.98 Å². The predicted molar refractivity (Wildman–Crippen MR) is 79.6 cm³/mol. The fraction of sp³-hybridized carbons (Fsp3) is 0.300. The van der Waals surface area contributed by atoms with Crippen molar-refractivity contribution in [1.29, 1.82) is 5.39 Å². The number of hydrogen-bond acceptors (Lipinski definition) is 2. The Morgan fingerprint density at radius 2 is 1.31 bits per heavy atom. The topological polar surface area (TPSA) is 48.5 Å². The fourth-order valence-corrected chi connectivity index (χ4v) is 0.925. The molecule has 0 N–H and O–H groups in total. The Morgan fingerprint density at radius 3 is 1.50 bits per heavy atom. The van der Waals surface area contributed by atoms with Crippen LogP contribution in [0.2, 0.25) is 0 Å². The van der Waals surface area contributed by atoms with E-state index in [0.717, 1.165) is 5.69 Å². The van der Waals surface area contributed by atoms with Gasteiger partial charge in [-0.2, -0.15) is 0 Å². The van der Waals surface area contributed by atoms with E-state index in [1.807, 2.05) is 0 Å². The molecule has 0 saturated heterocycles. The van der Waals surface area contributed by atoms with E-state index in [2.05, 4.69) is 4.98 Å². The standard InChI is InChI=1S/C9H10N3O.CH4.BF3.F6P.FH/c1-7(13)12(2)9-5-3-8(11-10)4-6-9;;2-1(3)4;1-7(2,3,4,5)6;/h3-6H,1-2H3;1H4;;;1H/q+1;;;-1;/p-1. The van der Waals surface area contributed by atoms with E-state index < -0.39 is 15.4 Å². The van der Waals surface area contributed by atoms with Gasteiger partial charge in [0.2, 0.25) is 11.3 Å². The van der Waals surface area contributed by atoms with Gasteiger partial charge in [0, 0.05) is 31.8 Å². The van der Waals surface area contributed by atoms with E-state index >= 15 is 0 Å². The average Bonchev–Trinajstić information content (AvgIpc) is 2.33. The largest absolute Gasteiger partial charge is 1.00 e. The van der Waals surface area contributed by atoms with E-state index in [1.165, 1.54) is 11.8 Å². The molecule has 1 amide bonds. The third-order valence-corrected chi connectivity index (χ3v) is 1.82. The first-order valence-corrected chi connectivity index (χ1v) is 7.54. The van der Waals surface area contributed by atoms with Gasteiger partial charge in [-0.25, -0.2) is 0 Å². The van der Waals surface area contributed by atoms with Crippen LogP contribution < -0.4 is 9.60 Å². The summed E-state index contributed by atoms with van der Waals surface area (Å²) in [7, 11) is -12.6. The SMILES string of the molecule is C.CC(=O)N(C)c1ccc([N+]#N)cc1.FB(F)F.F[P-](F)(F)(F)(F)F.[F-]. The molecule has 0 fully saturated rings. The number of rotatable bonds is 1. The molecule has 1 rings (SSSR count). The van der Waals surface area contributed by atoms with Crippen molar-refractivity contribution in [2.45, 2.75) is 14.4 Å². The Kier molecular flexibility index (Phi) is 12.4. The van der Waals surface area contributed by atoms with E-state index in [4.69, 9.17) is 5.39 Å². The number of benzene rings is 1. The van der Waals surface area contributed by atoms with Crippen LogP contribution >= 0.6 is 7.81 Å². The van der Waals surface area contributed by atoms with Crippen LogP contribution in [0.1, 0.15) is 14.4 Å². The Hall–Kier alpha value is -2.10. The molecule has 0 saturated carbocycles. The molecule has 0 aromatic heterocycles. The maximum atomic E-state index is 11.0. The molecule has 26 heavy (non-hydrogen) atoms. The monoisotopic (exact) mass is 424 g/mol. The minimum atomic E-state index is -10.7. The van der Waals surface area contributed by atoms with Gasteiger partial charge in [0.25, 0.3) is 0 Å². The number of diazo groups is 1. The molecule has 1 aromatic carbocycles. The molecular formula is C10H14BF10N3OP-. The quantitative estimate of drug-likeness (QED) is 0.296. The predicted octanol–water partition coefficient (Wildman–Crippen LogP) is 4.06. The number of hydrogen-bond donors (Lipinski definition) is 0. The van der Waals surface area contributed by atoms with E-state index in [0.29, 0.717) is 5.69 Å². The number of carbonyl (C=O) groups is 1. The first-order chi connectivity index (χ1) is 10.3. The van der Waals surface area contributed by atoms with Crippen molar-refractivity contribution < 1.29 is 47.6 Å². The summed E-state index contributed by atoms with van der Waals surface area (Å²) in [5.41, 5.74) is 1.25. The first-order valence-electron chi connectivity index (χ1n) is 5.51. The van der Waals surface area contributed by atoms with Crippen molar-refractivity contribution in [3.63, 3.8) is 0 Å². The molecule has 0 aliphatic rings. The molecule has 0 atom stereocenters. The molecule has 0 unspecified atom stereocenters. The van der Waals surface area contributed by atoms with Gasteiger partial charge in [0.05, 0.1) is 0 Å². The Morgan fingerprint density at radius 1 is 1.04 bits per heavy atom. The van der Waals surface area contributed by atoms with Crippen molar-refractivity contribution in [2.75, 3.05) is 11.9 Å². The molecule has 0 aliphatic heterocycles. The third-order valence-electron chi connectivity index (χ3n) is 1.82. The van der Waals surface area contributed by atoms with Gasteiger partial charge in [-0.1, -0.05) is 7.43 Å². The fourth-order valence-electron chi connectivity index (χ4n) is 0.925. The van der Waals surface area contributed by atoms with Gasteiger partial charge in [0.1, 0.15) is 0 Å². The van der Waals surface area contributed by atoms with Crippen LogP contribution in [0.15, 0.2) is 24.3 Å². The minimum absolute atomic E-state index is 0. The maximum Gasteiger partial charge on any atom is -1.00 e. The molecular weight excluding hydrogens is 410 g/mol. The van der Waals surface area contributed by atoms with Gasteiger partial charge in [-0.3, -0.25) is 17.7 Å². The molecule has 0 heterocycles. The number of halogens is 10. The van der Waals surface area contributed by atoms with Gasteiger partial charge in [-0.15, -0.1) is 0 Å². The zero-order chi connectivity index (χ0) is 19.8. The smallest absolute Gasteiger partial charge is 1.00 e. The molecule has 1 aromatic rings. The normalized spacial score (nSPS) is 11.8. The number of nitrogens with zero attached hydrogens (tertiary/aromatic N) is 3. The van der Waals surface area contributed by atoms with Crippen LogP contribution in [-0.2, 0) is 4.79 Å². The van der Waals surface area contributed by atoms with Crippen molar-refractivity contribution in [1.82, 2.24) is 0 Å². The molecule has 0 bridgehead atoms. The second-order valence-corrected chi connectivity index (χ2v) is 5.82. The summed E-state index contributed by atoms with van der Waals surface area (Å²) < 4.78 is 88.2. The second-order valence-electron chi connectivity index (χ2n) is 3.90. The summed E-state index contributed by atoms with van der Waals surface area (Å²) in [5, 5.41) is 8.42. The van der Waals surface area contributed by atoms with Crippen LogP contribution in [-0.4, -0.2) is 20.5 Å². The van der Waals surface area contributed by atoms with E-state index in [-0.39, 0.29) is 18.0 Å². The Labute approximate surface area is 142 Å². The number of amides is 1. The van der Waals surface area contributed by atoms with E-state index in [9.17, 15) is 42.9 Å². The van der Waals surface area contributed by atoms with Crippen molar-refractivity contribution in [3.05, 3.63) is 29.2 Å². The summed E-state index contributed by atoms with van der Waals surface area (Å²) in [5.74, 6) is -0.0336. The summed E-state index contributed by atoms with van der Waals surface area (Å²) >= 11 is 0. The Bertz CT molecular complexity index is 573. The molecule has 4 nitrogen and oxygen atoms in total. The zero-order valence-corrected chi connectivity index (χ0v) is 13.3. The molecule has 0 aliphatic carbocycles. The summed E-state index contributed by atoms with van der Waals surface area (Å²) in [6.45, 7) is 1.49. The third kappa shape index (κ3) is 29.9. The molecule has 154 valence electrons. The van der Waals surface area contributed by atoms with Crippen molar-refractivity contribution in [3.8, 4) is 0 Å². The first kappa shape index (κ1) is 31.7. The summed E-state index contributed by atoms with van der Waals surface area (Å²) in [6, 6.07) is 6.70. The van der Waals surface area contributed by atoms with Crippen molar-refractivity contribution in [2.24, 2.45) is 0 Å². The van der Waals surface area contributed by atoms with Crippen LogP contribution in [0, 0.1) is 5.39 Å². The number of anilines is 1. The summed E-state index contributed by atoms with van der Waals surface area (Å²) in [4.78, 5) is 15.5. The van der Waals surface area contributed by atoms with Gasteiger partial charge < -0.3 is 9.60 Å². The van der Waals surface area contributed by atoms with E-state index in [1.54, 1.807) is 31.3 Å². The minimum Gasteiger partial charge on any atom is -1.00 e. The molecule has 16 heteroatoms. The van der Waals surface area contributed by atoms with Crippen LogP contribution in [0.5, 0.6) is 0 Å². The number of carbonyl (C=O) groups excluding carboxylic acids is 1. The van der Waals surface area contributed by atoms with Crippen molar-refractivity contribution >= 4 is 32.6 Å². The molecule has 0 radical (unpaired) electrons. The van der Waals surface area contributed by atoms with Crippen LogP contribution in [0.4, 0.5) is 49.5 Å². The zero-order valence-electron chi connectivity index (χ0n) is 12.4. The Balaban J connectivity index is -0.000000160. The van der Waals surface area contributed by atoms with Gasteiger partial charge >= 0.3 is 46.2 Å². The van der Waals surface area contributed by atoms with Crippen LogP contribution in [0.3, 0.4) is 0 Å². The maximum absolute atomic E-state index is 11.0. The molecule has 0 spiro atoms.